The van der Waals surface area contributed by atoms with Crippen molar-refractivity contribution in [3.8, 4) is 0 Å². The molecule has 0 aliphatic carbocycles. The minimum absolute atomic E-state index is 0.0768. The highest BCUT2D eigenvalue weighted by Crippen LogP contribution is 2.15. The monoisotopic (exact) mass is 281 g/mol. The molecule has 2 N–H and O–H groups in total. The molecule has 0 saturated carbocycles. The summed E-state index contributed by atoms with van der Waals surface area (Å²) in [6, 6.07) is 2.64. The Morgan fingerprint density at radius 1 is 1.20 bits per heavy atom. The summed E-state index contributed by atoms with van der Waals surface area (Å²) >= 11 is 0. The lowest BCUT2D eigenvalue weighted by Gasteiger charge is -2.07. The van der Waals surface area contributed by atoms with Crippen LogP contribution in [0.25, 0.3) is 0 Å². The molecule has 0 bridgehead atoms. The Morgan fingerprint density at radius 2 is 1.85 bits per heavy atom. The zero-order chi connectivity index (χ0) is 14.7. The summed E-state index contributed by atoms with van der Waals surface area (Å²) in [7, 11) is 0. The highest BCUT2D eigenvalue weighted by molar-refractivity contribution is 6.04. The van der Waals surface area contributed by atoms with Crippen molar-refractivity contribution in [2.45, 2.75) is 6.54 Å². The zero-order valence-corrected chi connectivity index (χ0v) is 10.0. The minimum Gasteiger partial charge on any atom is -0.478 e. The van der Waals surface area contributed by atoms with Crippen molar-refractivity contribution >= 4 is 11.9 Å². The molecule has 0 fully saturated rings. The molecule has 0 atom stereocenters. The summed E-state index contributed by atoms with van der Waals surface area (Å²) in [4.78, 5) is 22.8. The standard InChI is InChI=1S/C13H9F2NO4/c14-10-3-8(9(13(18)19)4-11(10)15)12(17)16-5-7-1-2-20-6-7/h1-4,6H,5H2,(H,16,17)(H,18,19). The number of halogens is 2. The molecule has 1 heterocycles. The Morgan fingerprint density at radius 3 is 2.40 bits per heavy atom. The average Bonchev–Trinajstić information content (AvgIpc) is 2.91. The molecule has 104 valence electrons. The van der Waals surface area contributed by atoms with Gasteiger partial charge in [0.25, 0.3) is 5.91 Å². The van der Waals surface area contributed by atoms with Crippen molar-refractivity contribution in [2.75, 3.05) is 0 Å². The maximum atomic E-state index is 13.1. The second-order valence-electron chi connectivity index (χ2n) is 3.93. The topological polar surface area (TPSA) is 79.5 Å². The molecule has 20 heavy (non-hydrogen) atoms. The smallest absolute Gasteiger partial charge is 0.336 e. The summed E-state index contributed by atoms with van der Waals surface area (Å²) in [6.07, 6.45) is 2.80. The second-order valence-corrected chi connectivity index (χ2v) is 3.93. The number of hydrogen-bond acceptors (Lipinski definition) is 3. The van der Waals surface area contributed by atoms with E-state index in [2.05, 4.69) is 5.32 Å². The van der Waals surface area contributed by atoms with Crippen molar-refractivity contribution in [2.24, 2.45) is 0 Å². The van der Waals surface area contributed by atoms with E-state index in [9.17, 15) is 18.4 Å². The van der Waals surface area contributed by atoms with Gasteiger partial charge in [-0.05, 0) is 18.2 Å². The van der Waals surface area contributed by atoms with Crippen molar-refractivity contribution in [3.63, 3.8) is 0 Å². The minimum atomic E-state index is -1.52. The predicted molar refractivity (Wildman–Crippen MR) is 63.2 cm³/mol. The van der Waals surface area contributed by atoms with Gasteiger partial charge in [-0.25, -0.2) is 13.6 Å². The number of carboxylic acid groups (broad SMARTS) is 1. The molecule has 0 aliphatic rings. The molecular formula is C13H9F2NO4. The lowest BCUT2D eigenvalue weighted by Crippen LogP contribution is -2.25. The van der Waals surface area contributed by atoms with Crippen LogP contribution in [0.15, 0.2) is 35.1 Å². The van der Waals surface area contributed by atoms with E-state index < -0.39 is 34.6 Å². The zero-order valence-electron chi connectivity index (χ0n) is 10.0. The molecule has 0 aliphatic heterocycles. The molecular weight excluding hydrogens is 272 g/mol. The number of aromatic carboxylic acids is 1. The van der Waals surface area contributed by atoms with E-state index in [1.807, 2.05) is 0 Å². The fourth-order valence-corrected chi connectivity index (χ4v) is 1.58. The number of benzene rings is 1. The first-order chi connectivity index (χ1) is 9.49. The molecule has 1 aromatic heterocycles. The Kier molecular flexibility index (Phi) is 3.79. The number of carbonyl (C=O) groups is 2. The number of rotatable bonds is 4. The van der Waals surface area contributed by atoms with Gasteiger partial charge in [-0.3, -0.25) is 4.79 Å². The molecule has 0 radical (unpaired) electrons. The molecule has 0 unspecified atom stereocenters. The second kappa shape index (κ2) is 5.52. The van der Waals surface area contributed by atoms with Crippen LogP contribution >= 0.6 is 0 Å². The van der Waals surface area contributed by atoms with E-state index in [0.717, 1.165) is 0 Å². The average molecular weight is 281 g/mol. The SMILES string of the molecule is O=C(O)c1cc(F)c(F)cc1C(=O)NCc1ccoc1. The van der Waals surface area contributed by atoms with Crippen molar-refractivity contribution < 1.29 is 27.9 Å². The molecule has 2 rings (SSSR count). The maximum absolute atomic E-state index is 13.1. The molecule has 0 spiro atoms. The third-order valence-corrected chi connectivity index (χ3v) is 2.57. The third-order valence-electron chi connectivity index (χ3n) is 2.57. The van der Waals surface area contributed by atoms with Crippen LogP contribution in [0.2, 0.25) is 0 Å². The third kappa shape index (κ3) is 2.82. The normalized spacial score (nSPS) is 10.3. The van der Waals surface area contributed by atoms with E-state index in [1.165, 1.54) is 12.5 Å². The predicted octanol–water partition coefficient (Wildman–Crippen LogP) is 2.19. The van der Waals surface area contributed by atoms with Gasteiger partial charge < -0.3 is 14.8 Å². The first-order valence-corrected chi connectivity index (χ1v) is 5.50. The molecule has 0 saturated heterocycles. The van der Waals surface area contributed by atoms with Gasteiger partial charge in [-0.2, -0.15) is 0 Å². The van der Waals surface area contributed by atoms with Crippen LogP contribution in [-0.4, -0.2) is 17.0 Å². The quantitative estimate of drug-likeness (QED) is 0.900. The van der Waals surface area contributed by atoms with E-state index in [-0.39, 0.29) is 6.54 Å². The summed E-state index contributed by atoms with van der Waals surface area (Å²) in [6.45, 7) is 0.0768. The fourth-order valence-electron chi connectivity index (χ4n) is 1.58. The van der Waals surface area contributed by atoms with Crippen LogP contribution < -0.4 is 5.32 Å². The number of amides is 1. The fraction of sp³-hybridized carbons (Fsp3) is 0.0769. The Bertz CT molecular complexity index is 653. The van der Waals surface area contributed by atoms with Crippen LogP contribution in [0.1, 0.15) is 26.3 Å². The summed E-state index contributed by atoms with van der Waals surface area (Å²) in [5, 5.41) is 11.3. The van der Waals surface area contributed by atoms with Crippen LogP contribution in [0.4, 0.5) is 8.78 Å². The lowest BCUT2D eigenvalue weighted by atomic mass is 10.1. The highest BCUT2D eigenvalue weighted by Gasteiger charge is 2.20. The van der Waals surface area contributed by atoms with Gasteiger partial charge in [-0.15, -0.1) is 0 Å². The van der Waals surface area contributed by atoms with Gasteiger partial charge in [-0.1, -0.05) is 0 Å². The summed E-state index contributed by atoms with van der Waals surface area (Å²) in [5.74, 6) is -4.95. The molecule has 1 amide bonds. The van der Waals surface area contributed by atoms with Crippen molar-refractivity contribution in [1.82, 2.24) is 5.32 Å². The Hall–Kier alpha value is -2.70. The van der Waals surface area contributed by atoms with Crippen LogP contribution in [0, 0.1) is 11.6 Å². The number of nitrogens with one attached hydrogen (secondary N) is 1. The number of carbonyl (C=O) groups excluding carboxylic acids is 1. The molecule has 7 heteroatoms. The van der Waals surface area contributed by atoms with Gasteiger partial charge in [0.05, 0.1) is 23.7 Å². The Labute approximate surface area is 111 Å². The van der Waals surface area contributed by atoms with E-state index in [4.69, 9.17) is 9.52 Å². The van der Waals surface area contributed by atoms with Crippen molar-refractivity contribution in [3.05, 3.63) is 59.1 Å². The van der Waals surface area contributed by atoms with Crippen molar-refractivity contribution in [1.29, 1.82) is 0 Å². The summed E-state index contributed by atoms with van der Waals surface area (Å²) < 4.78 is 30.9. The highest BCUT2D eigenvalue weighted by atomic mass is 19.2. The Balaban J connectivity index is 2.24. The van der Waals surface area contributed by atoms with Crippen LogP contribution in [0.5, 0.6) is 0 Å². The van der Waals surface area contributed by atoms with Gasteiger partial charge >= 0.3 is 5.97 Å². The lowest BCUT2D eigenvalue weighted by molar-refractivity contribution is 0.0690. The molecule has 2 aromatic rings. The molecule has 5 nitrogen and oxygen atoms in total. The maximum Gasteiger partial charge on any atom is 0.336 e. The number of hydrogen-bond donors (Lipinski definition) is 2. The van der Waals surface area contributed by atoms with E-state index in [1.54, 1.807) is 6.07 Å². The van der Waals surface area contributed by atoms with Crippen LogP contribution in [0.3, 0.4) is 0 Å². The van der Waals surface area contributed by atoms with Gasteiger partial charge in [0.15, 0.2) is 11.6 Å². The van der Waals surface area contributed by atoms with Gasteiger partial charge in [0.2, 0.25) is 0 Å². The number of furan rings is 1. The first-order valence-electron chi connectivity index (χ1n) is 5.50. The summed E-state index contributed by atoms with van der Waals surface area (Å²) in [5.41, 5.74) is -0.397. The van der Waals surface area contributed by atoms with E-state index >= 15 is 0 Å². The van der Waals surface area contributed by atoms with Gasteiger partial charge in [0, 0.05) is 12.1 Å². The first kappa shape index (κ1) is 13.7. The van der Waals surface area contributed by atoms with E-state index in [0.29, 0.717) is 17.7 Å². The van der Waals surface area contributed by atoms with Crippen LogP contribution in [-0.2, 0) is 6.54 Å². The van der Waals surface area contributed by atoms with Gasteiger partial charge in [0.1, 0.15) is 0 Å². The number of carboxylic acids is 1. The largest absolute Gasteiger partial charge is 0.478 e. The molecule has 1 aromatic carbocycles.